The van der Waals surface area contributed by atoms with Gasteiger partial charge in [-0.1, -0.05) is 0 Å². The van der Waals surface area contributed by atoms with Crippen LogP contribution in [0.5, 0.6) is 5.75 Å². The molecule has 3 aromatic rings. The molecule has 0 N–H and O–H groups in total. The number of amides is 1. The molecule has 1 aliphatic heterocycles. The maximum absolute atomic E-state index is 13.1. The normalized spacial score (nSPS) is 19.8. The maximum atomic E-state index is 13.1. The predicted molar refractivity (Wildman–Crippen MR) is 93.0 cm³/mol. The van der Waals surface area contributed by atoms with E-state index in [1.54, 1.807) is 53.6 Å². The number of aromatic nitrogens is 4. The molecule has 3 aromatic heterocycles. The zero-order valence-corrected chi connectivity index (χ0v) is 14.4. The number of carbonyl (C=O) groups is 1. The zero-order valence-electron chi connectivity index (χ0n) is 14.4. The van der Waals surface area contributed by atoms with Gasteiger partial charge in [0.05, 0.1) is 24.5 Å². The topological polar surface area (TPSA) is 81.9 Å². The van der Waals surface area contributed by atoms with Crippen molar-refractivity contribution in [2.75, 3.05) is 20.3 Å². The zero-order chi connectivity index (χ0) is 17.9. The molecule has 0 aliphatic carbocycles. The Labute approximate surface area is 150 Å². The number of hydrogen-bond donors (Lipinski definition) is 0. The lowest BCUT2D eigenvalue weighted by molar-refractivity contribution is 0.0659. The van der Waals surface area contributed by atoms with E-state index in [-0.39, 0.29) is 18.1 Å². The molecule has 4 heterocycles. The number of nitrogens with zero attached hydrogens (tertiary/aromatic N) is 5. The number of methoxy groups -OCH3 is 1. The lowest BCUT2D eigenvalue weighted by Crippen LogP contribution is -2.39. The number of pyridine rings is 1. The van der Waals surface area contributed by atoms with E-state index in [0.29, 0.717) is 30.1 Å². The lowest BCUT2D eigenvalue weighted by Gasteiger charge is -2.24. The fraction of sp³-hybridized carbons (Fsp3) is 0.333. The monoisotopic (exact) mass is 353 g/mol. The third-order valence-corrected chi connectivity index (χ3v) is 4.56. The van der Waals surface area contributed by atoms with Crippen LogP contribution in [0.2, 0.25) is 0 Å². The molecule has 1 fully saturated rings. The first-order valence-electron chi connectivity index (χ1n) is 8.41. The van der Waals surface area contributed by atoms with Crippen LogP contribution < -0.4 is 4.74 Å². The minimum atomic E-state index is -0.113. The van der Waals surface area contributed by atoms with E-state index in [2.05, 4.69) is 15.1 Å². The second-order valence-electron chi connectivity index (χ2n) is 6.15. The van der Waals surface area contributed by atoms with Crippen molar-refractivity contribution in [1.29, 1.82) is 0 Å². The minimum absolute atomic E-state index is 0.0174. The Balaban J connectivity index is 1.55. The molecule has 0 aromatic carbocycles. The lowest BCUT2D eigenvalue weighted by atomic mass is 10.2. The Morgan fingerprint density at radius 3 is 3.04 bits per heavy atom. The maximum Gasteiger partial charge on any atom is 0.259 e. The Bertz CT molecular complexity index is 898. The van der Waals surface area contributed by atoms with Crippen molar-refractivity contribution < 1.29 is 14.3 Å². The van der Waals surface area contributed by atoms with Gasteiger partial charge in [0, 0.05) is 32.2 Å². The van der Waals surface area contributed by atoms with E-state index in [1.807, 2.05) is 12.1 Å². The summed E-state index contributed by atoms with van der Waals surface area (Å²) in [5, 5.41) is 4.20. The summed E-state index contributed by atoms with van der Waals surface area (Å²) >= 11 is 0. The molecular formula is C18H19N5O3. The van der Waals surface area contributed by atoms with Crippen LogP contribution in [0.25, 0.3) is 5.65 Å². The second kappa shape index (κ2) is 7.09. The van der Waals surface area contributed by atoms with Gasteiger partial charge >= 0.3 is 0 Å². The van der Waals surface area contributed by atoms with Crippen molar-refractivity contribution in [1.82, 2.24) is 24.5 Å². The average Bonchev–Trinajstić information content (AvgIpc) is 3.31. The fourth-order valence-corrected chi connectivity index (χ4v) is 3.21. The van der Waals surface area contributed by atoms with Gasteiger partial charge in [0.2, 0.25) is 0 Å². The molecule has 0 spiro atoms. The van der Waals surface area contributed by atoms with Gasteiger partial charge in [0.1, 0.15) is 17.9 Å². The standard InChI is InChI=1S/C18H19N5O3/c1-25-15-8-13(12-26-14-4-2-5-19-9-14)22(11-15)18(24)16-10-21-23-7-3-6-20-17(16)23/h2-7,9-10,13,15H,8,11-12H2,1H3/t13-,15+/m0/s1. The molecule has 0 saturated carbocycles. The smallest absolute Gasteiger partial charge is 0.259 e. The van der Waals surface area contributed by atoms with Crippen molar-refractivity contribution in [3.63, 3.8) is 0 Å². The van der Waals surface area contributed by atoms with Gasteiger partial charge in [-0.15, -0.1) is 0 Å². The summed E-state index contributed by atoms with van der Waals surface area (Å²) in [6.07, 6.45) is 9.03. The molecule has 4 rings (SSSR count). The van der Waals surface area contributed by atoms with Crippen LogP contribution in [0, 0.1) is 0 Å². The van der Waals surface area contributed by atoms with Gasteiger partial charge in [-0.3, -0.25) is 9.78 Å². The van der Waals surface area contributed by atoms with Gasteiger partial charge in [-0.25, -0.2) is 9.50 Å². The summed E-state index contributed by atoms with van der Waals surface area (Å²) in [5.41, 5.74) is 1.03. The van der Waals surface area contributed by atoms with Crippen molar-refractivity contribution in [3.05, 3.63) is 54.7 Å². The average molecular weight is 353 g/mol. The molecule has 0 radical (unpaired) electrons. The minimum Gasteiger partial charge on any atom is -0.490 e. The summed E-state index contributed by atoms with van der Waals surface area (Å²) in [6, 6.07) is 5.34. The van der Waals surface area contributed by atoms with Crippen LogP contribution in [0.1, 0.15) is 16.8 Å². The quantitative estimate of drug-likeness (QED) is 0.690. The van der Waals surface area contributed by atoms with Gasteiger partial charge in [-0.2, -0.15) is 5.10 Å². The highest BCUT2D eigenvalue weighted by Gasteiger charge is 2.37. The summed E-state index contributed by atoms with van der Waals surface area (Å²) in [6.45, 7) is 0.893. The number of carbonyl (C=O) groups excluding carboxylic acids is 1. The van der Waals surface area contributed by atoms with E-state index < -0.39 is 0 Å². The molecule has 1 amide bonds. The van der Waals surface area contributed by atoms with Crippen LogP contribution in [0.15, 0.2) is 49.2 Å². The molecular weight excluding hydrogens is 334 g/mol. The van der Waals surface area contributed by atoms with E-state index in [1.165, 1.54) is 0 Å². The molecule has 134 valence electrons. The number of ether oxygens (including phenoxy) is 2. The van der Waals surface area contributed by atoms with Gasteiger partial charge in [0.25, 0.3) is 5.91 Å². The molecule has 1 aliphatic rings. The highest BCUT2D eigenvalue weighted by Crippen LogP contribution is 2.24. The second-order valence-corrected chi connectivity index (χ2v) is 6.15. The van der Waals surface area contributed by atoms with Crippen molar-refractivity contribution in [3.8, 4) is 5.75 Å². The molecule has 26 heavy (non-hydrogen) atoms. The van der Waals surface area contributed by atoms with Crippen LogP contribution in [-0.2, 0) is 4.74 Å². The molecule has 2 atom stereocenters. The number of hydrogen-bond acceptors (Lipinski definition) is 6. The van der Waals surface area contributed by atoms with Crippen molar-refractivity contribution in [2.24, 2.45) is 0 Å². The summed E-state index contributed by atoms with van der Waals surface area (Å²) in [5.74, 6) is 0.566. The van der Waals surface area contributed by atoms with Crippen molar-refractivity contribution in [2.45, 2.75) is 18.6 Å². The van der Waals surface area contributed by atoms with E-state index in [4.69, 9.17) is 9.47 Å². The third kappa shape index (κ3) is 3.11. The summed E-state index contributed by atoms with van der Waals surface area (Å²) < 4.78 is 12.9. The van der Waals surface area contributed by atoms with E-state index >= 15 is 0 Å². The first-order valence-corrected chi connectivity index (χ1v) is 8.41. The van der Waals surface area contributed by atoms with Gasteiger partial charge < -0.3 is 14.4 Å². The SMILES string of the molecule is CO[C@@H]1C[C@@H](COc2cccnc2)N(C(=O)c2cnn3cccnc23)C1. The highest BCUT2D eigenvalue weighted by molar-refractivity contribution is 6.00. The molecule has 8 nitrogen and oxygen atoms in total. The predicted octanol–water partition coefficient (Wildman–Crippen LogP) is 1.43. The Morgan fingerprint density at radius 1 is 1.31 bits per heavy atom. The van der Waals surface area contributed by atoms with Gasteiger partial charge in [-0.05, 0) is 24.6 Å². The molecule has 1 saturated heterocycles. The van der Waals surface area contributed by atoms with E-state index in [0.717, 1.165) is 6.42 Å². The van der Waals surface area contributed by atoms with E-state index in [9.17, 15) is 4.79 Å². The summed E-state index contributed by atoms with van der Waals surface area (Å²) in [4.78, 5) is 23.2. The molecule has 0 unspecified atom stereocenters. The number of likely N-dealkylation sites (tertiary alicyclic amines) is 1. The number of rotatable bonds is 5. The number of fused-ring (bicyclic) bond motifs is 1. The molecule has 8 heteroatoms. The Hall–Kier alpha value is -3.00. The first-order chi connectivity index (χ1) is 12.8. The van der Waals surface area contributed by atoms with Crippen molar-refractivity contribution >= 4 is 11.6 Å². The third-order valence-electron chi connectivity index (χ3n) is 4.56. The highest BCUT2D eigenvalue weighted by atomic mass is 16.5. The Morgan fingerprint density at radius 2 is 2.23 bits per heavy atom. The first kappa shape index (κ1) is 16.5. The Kier molecular flexibility index (Phi) is 4.49. The van der Waals surface area contributed by atoms with Crippen LogP contribution >= 0.6 is 0 Å². The largest absolute Gasteiger partial charge is 0.490 e. The van der Waals surface area contributed by atoms with Gasteiger partial charge in [0.15, 0.2) is 5.65 Å². The fourth-order valence-electron chi connectivity index (χ4n) is 3.21. The summed E-state index contributed by atoms with van der Waals surface area (Å²) in [7, 11) is 1.66. The van der Waals surface area contributed by atoms with Crippen LogP contribution in [0.3, 0.4) is 0 Å². The van der Waals surface area contributed by atoms with Crippen LogP contribution in [0.4, 0.5) is 0 Å². The van der Waals surface area contributed by atoms with Crippen LogP contribution in [-0.4, -0.2) is 62.8 Å². The molecule has 0 bridgehead atoms.